The first-order chi connectivity index (χ1) is 12.6. The summed E-state index contributed by atoms with van der Waals surface area (Å²) >= 11 is 2.77. The lowest BCUT2D eigenvalue weighted by molar-refractivity contribution is 0.0344. The minimum Gasteiger partial charge on any atom is -0.389 e. The molecule has 1 unspecified atom stereocenters. The Labute approximate surface area is 160 Å². The molecule has 26 heavy (non-hydrogen) atoms. The Kier molecular flexibility index (Phi) is 6.38. The zero-order chi connectivity index (χ0) is 18.4. The van der Waals surface area contributed by atoms with Gasteiger partial charge in [-0.2, -0.15) is 0 Å². The predicted octanol–water partition coefficient (Wildman–Crippen LogP) is 2.98. The summed E-state index contributed by atoms with van der Waals surface area (Å²) in [7, 11) is -3.82. The van der Waals surface area contributed by atoms with Crippen LogP contribution in [0, 0.1) is 0 Å². The Morgan fingerprint density at radius 2 is 1.92 bits per heavy atom. The van der Waals surface area contributed by atoms with Crippen LogP contribution in [-0.4, -0.2) is 37.8 Å². The monoisotopic (exact) mass is 410 g/mol. The molecule has 1 N–H and O–H groups in total. The van der Waals surface area contributed by atoms with Gasteiger partial charge in [0.15, 0.2) is 5.13 Å². The topological polar surface area (TPSA) is 79.7 Å². The molecule has 0 aliphatic heterocycles. The summed E-state index contributed by atoms with van der Waals surface area (Å²) in [5.74, 6) is 0. The van der Waals surface area contributed by atoms with E-state index in [2.05, 4.69) is 4.98 Å². The van der Waals surface area contributed by atoms with Gasteiger partial charge in [0.1, 0.15) is 0 Å². The summed E-state index contributed by atoms with van der Waals surface area (Å²) in [6.07, 6.45) is 0.560. The third-order valence-electron chi connectivity index (χ3n) is 3.48. The summed E-state index contributed by atoms with van der Waals surface area (Å²) in [6, 6.07) is 12.0. The van der Waals surface area contributed by atoms with E-state index >= 15 is 0 Å². The van der Waals surface area contributed by atoms with Gasteiger partial charge in [0.2, 0.25) is 0 Å². The molecule has 0 aliphatic carbocycles. The maximum atomic E-state index is 13.0. The SMILES string of the molecule is O=S(=O)(c1ccccc1)N(CC(O)COCc1cccs1)c1nccs1. The molecule has 0 fully saturated rings. The van der Waals surface area contributed by atoms with E-state index in [0.717, 1.165) is 9.18 Å². The van der Waals surface area contributed by atoms with Gasteiger partial charge in [-0.25, -0.2) is 17.7 Å². The fraction of sp³-hybridized carbons (Fsp3) is 0.235. The Morgan fingerprint density at radius 3 is 2.58 bits per heavy atom. The van der Waals surface area contributed by atoms with Crippen LogP contribution in [0.15, 0.2) is 64.3 Å². The van der Waals surface area contributed by atoms with Gasteiger partial charge in [-0.15, -0.1) is 22.7 Å². The Balaban J connectivity index is 1.71. The number of benzene rings is 1. The van der Waals surface area contributed by atoms with Crippen molar-refractivity contribution in [1.29, 1.82) is 0 Å². The number of aliphatic hydroxyl groups excluding tert-OH is 1. The minimum absolute atomic E-state index is 0.0318. The average Bonchev–Trinajstić information content (AvgIpc) is 3.34. The number of nitrogens with zero attached hydrogens (tertiary/aromatic N) is 2. The van der Waals surface area contributed by atoms with Crippen molar-refractivity contribution in [2.75, 3.05) is 17.5 Å². The molecule has 0 saturated heterocycles. The number of thiophene rings is 1. The van der Waals surface area contributed by atoms with Crippen LogP contribution in [-0.2, 0) is 21.4 Å². The second-order valence-electron chi connectivity index (χ2n) is 5.41. The fourth-order valence-electron chi connectivity index (χ4n) is 2.27. The molecule has 3 aromatic rings. The number of aliphatic hydroxyl groups is 1. The number of ether oxygens (including phenoxy) is 1. The van der Waals surface area contributed by atoms with Gasteiger partial charge in [-0.05, 0) is 23.6 Å². The van der Waals surface area contributed by atoms with Crippen LogP contribution in [0.1, 0.15) is 4.88 Å². The van der Waals surface area contributed by atoms with Crippen molar-refractivity contribution in [2.24, 2.45) is 0 Å². The lowest BCUT2D eigenvalue weighted by Gasteiger charge is -2.24. The van der Waals surface area contributed by atoms with E-state index in [-0.39, 0.29) is 18.0 Å². The molecule has 9 heteroatoms. The van der Waals surface area contributed by atoms with E-state index < -0.39 is 16.1 Å². The van der Waals surface area contributed by atoms with Gasteiger partial charge in [-0.1, -0.05) is 24.3 Å². The third kappa shape index (κ3) is 4.68. The van der Waals surface area contributed by atoms with Crippen LogP contribution in [0.2, 0.25) is 0 Å². The van der Waals surface area contributed by atoms with Crippen molar-refractivity contribution in [3.05, 3.63) is 64.3 Å². The Morgan fingerprint density at radius 1 is 1.12 bits per heavy atom. The first-order valence-corrected chi connectivity index (χ1v) is 11.0. The van der Waals surface area contributed by atoms with Gasteiger partial charge in [0.05, 0.1) is 30.8 Å². The van der Waals surface area contributed by atoms with Gasteiger partial charge in [0.25, 0.3) is 10.0 Å². The zero-order valence-electron chi connectivity index (χ0n) is 13.8. The normalized spacial score (nSPS) is 12.8. The Bertz CT molecular complexity index is 882. The summed E-state index contributed by atoms with van der Waals surface area (Å²) in [5, 5.41) is 14.3. The largest absolute Gasteiger partial charge is 0.389 e. The van der Waals surface area contributed by atoms with Crippen LogP contribution in [0.5, 0.6) is 0 Å². The molecular formula is C17H18N2O4S3. The van der Waals surface area contributed by atoms with Gasteiger partial charge >= 0.3 is 0 Å². The van der Waals surface area contributed by atoms with Gasteiger partial charge in [0, 0.05) is 16.5 Å². The number of hydrogen-bond donors (Lipinski definition) is 1. The third-order valence-corrected chi connectivity index (χ3v) is 7.01. The molecule has 6 nitrogen and oxygen atoms in total. The highest BCUT2D eigenvalue weighted by Gasteiger charge is 2.28. The van der Waals surface area contributed by atoms with E-state index in [1.54, 1.807) is 34.9 Å². The van der Waals surface area contributed by atoms with Crippen LogP contribution < -0.4 is 4.31 Å². The quantitative estimate of drug-likeness (QED) is 0.587. The second-order valence-corrected chi connectivity index (χ2v) is 9.18. The molecule has 0 saturated carbocycles. The number of thiazole rings is 1. The molecule has 2 aromatic heterocycles. The van der Waals surface area contributed by atoms with Crippen molar-refractivity contribution in [3.63, 3.8) is 0 Å². The molecule has 0 bridgehead atoms. The van der Waals surface area contributed by atoms with Crippen LogP contribution in [0.4, 0.5) is 5.13 Å². The number of rotatable bonds is 9. The smallest absolute Gasteiger partial charge is 0.266 e. The van der Waals surface area contributed by atoms with Gasteiger partial charge < -0.3 is 9.84 Å². The highest BCUT2D eigenvalue weighted by atomic mass is 32.2. The highest BCUT2D eigenvalue weighted by Crippen LogP contribution is 2.25. The van der Waals surface area contributed by atoms with Crippen molar-refractivity contribution in [3.8, 4) is 0 Å². The van der Waals surface area contributed by atoms with E-state index in [1.807, 2.05) is 17.5 Å². The highest BCUT2D eigenvalue weighted by molar-refractivity contribution is 7.93. The predicted molar refractivity (Wildman–Crippen MR) is 103 cm³/mol. The van der Waals surface area contributed by atoms with Crippen molar-refractivity contribution in [1.82, 2.24) is 4.98 Å². The standard InChI is InChI=1S/C17H18N2O4S3/c20-14(12-23-13-15-5-4-9-24-15)11-19(17-18-8-10-25-17)26(21,22)16-6-2-1-3-7-16/h1-10,14,20H,11-13H2. The molecule has 1 atom stereocenters. The fourth-order valence-corrected chi connectivity index (χ4v) is 5.27. The average molecular weight is 411 g/mol. The summed E-state index contributed by atoms with van der Waals surface area (Å²) in [4.78, 5) is 5.30. The lowest BCUT2D eigenvalue weighted by Crippen LogP contribution is -2.39. The van der Waals surface area contributed by atoms with Crippen molar-refractivity contribution < 1.29 is 18.3 Å². The van der Waals surface area contributed by atoms with E-state index in [4.69, 9.17) is 4.74 Å². The molecule has 3 rings (SSSR count). The number of anilines is 1. The molecule has 0 radical (unpaired) electrons. The number of aromatic nitrogens is 1. The van der Waals surface area contributed by atoms with Gasteiger partial charge in [-0.3, -0.25) is 0 Å². The summed E-state index contributed by atoms with van der Waals surface area (Å²) < 4.78 is 32.6. The minimum atomic E-state index is -3.82. The number of sulfonamides is 1. The van der Waals surface area contributed by atoms with Crippen molar-refractivity contribution in [2.45, 2.75) is 17.6 Å². The maximum Gasteiger partial charge on any atom is 0.266 e. The molecule has 1 aromatic carbocycles. The molecule has 138 valence electrons. The first kappa shape index (κ1) is 19.0. The van der Waals surface area contributed by atoms with E-state index in [1.165, 1.54) is 29.7 Å². The summed E-state index contributed by atoms with van der Waals surface area (Å²) in [6.45, 7) is 0.288. The maximum absolute atomic E-state index is 13.0. The van der Waals surface area contributed by atoms with Crippen molar-refractivity contribution >= 4 is 37.8 Å². The Hall–Kier alpha value is -1.78. The van der Waals surface area contributed by atoms with Crippen LogP contribution in [0.25, 0.3) is 0 Å². The van der Waals surface area contributed by atoms with E-state index in [9.17, 15) is 13.5 Å². The molecule has 0 aliphatic rings. The molecule has 0 amide bonds. The first-order valence-electron chi connectivity index (χ1n) is 7.83. The molecular weight excluding hydrogens is 392 g/mol. The molecule has 0 spiro atoms. The summed E-state index contributed by atoms with van der Waals surface area (Å²) in [5.41, 5.74) is 0. The number of hydrogen-bond acceptors (Lipinski definition) is 7. The lowest BCUT2D eigenvalue weighted by atomic mass is 10.4. The van der Waals surface area contributed by atoms with Crippen LogP contribution in [0.3, 0.4) is 0 Å². The molecule has 2 heterocycles. The second kappa shape index (κ2) is 8.74. The zero-order valence-corrected chi connectivity index (χ0v) is 16.2. The van der Waals surface area contributed by atoms with E-state index in [0.29, 0.717) is 11.7 Å². The van der Waals surface area contributed by atoms with Crippen LogP contribution >= 0.6 is 22.7 Å².